The van der Waals surface area contributed by atoms with E-state index in [0.29, 0.717) is 0 Å². The minimum Gasteiger partial charge on any atom is -0.321 e. The minimum atomic E-state index is -4.46. The molecule has 0 aromatic heterocycles. The van der Waals surface area contributed by atoms with Crippen molar-refractivity contribution >= 4 is 31.3 Å². The van der Waals surface area contributed by atoms with Gasteiger partial charge in [-0.25, -0.2) is 0 Å². The smallest absolute Gasteiger partial charge is 0.321 e. The van der Waals surface area contributed by atoms with Gasteiger partial charge >= 0.3 is 26.0 Å². The number of hydrogen-bond donors (Lipinski definition) is 3. The Morgan fingerprint density at radius 2 is 1.65 bits per heavy atom. The maximum absolute atomic E-state index is 11.2. The molecule has 0 fully saturated rings. The van der Waals surface area contributed by atoms with E-state index in [1.54, 1.807) is 0 Å². The molecule has 1 atom stereocenters. The Balaban J connectivity index is 3.12. The largest absolute Gasteiger partial charge is 0.712 e. The summed E-state index contributed by atoms with van der Waals surface area (Å²) in [4.78, 5) is 25.4. The molecule has 0 saturated carbocycles. The molecule has 1 aromatic carbocycles. The van der Waals surface area contributed by atoms with Gasteiger partial charge in [0.2, 0.25) is 0 Å². The molecule has 3 N–H and O–H groups in total. The molecule has 0 spiro atoms. The second-order valence-corrected chi connectivity index (χ2v) is 6.86. The van der Waals surface area contributed by atoms with Gasteiger partial charge in [-0.05, 0) is 24.3 Å². The summed E-state index contributed by atoms with van der Waals surface area (Å²) < 4.78 is 47.3. The quantitative estimate of drug-likeness (QED) is 0.652. The molecule has 0 radical (unpaired) electrons. The van der Waals surface area contributed by atoms with Crippen molar-refractivity contribution in [1.82, 2.24) is 0 Å². The van der Waals surface area contributed by atoms with Gasteiger partial charge in [0.15, 0.2) is 0 Å². The molecule has 94 valence electrons. The maximum Gasteiger partial charge on any atom is 0.712 e. The Labute approximate surface area is 97.1 Å². The summed E-state index contributed by atoms with van der Waals surface area (Å²) in [5, 5.41) is -0.371. The fourth-order valence-corrected chi connectivity index (χ4v) is 2.96. The Morgan fingerprint density at radius 1 is 1.18 bits per heavy atom. The van der Waals surface area contributed by atoms with E-state index < -0.39 is 30.9 Å². The average molecular weight is 301 g/mol. The van der Waals surface area contributed by atoms with Crippen molar-refractivity contribution in [1.29, 1.82) is 0 Å². The van der Waals surface area contributed by atoms with E-state index in [1.807, 2.05) is 0 Å². The first-order valence-corrected chi connectivity index (χ1v) is 8.05. The summed E-state index contributed by atoms with van der Waals surface area (Å²) in [6, 6.07) is 3.51. The zero-order chi connectivity index (χ0) is 13.3. The minimum absolute atomic E-state index is 0.371. The molecule has 0 saturated heterocycles. The van der Waals surface area contributed by atoms with Crippen molar-refractivity contribution in [3.63, 3.8) is 0 Å². The Bertz CT molecular complexity index is 571. The molecule has 0 bridgehead atoms. The first kappa shape index (κ1) is 14.4. The van der Waals surface area contributed by atoms with Crippen LogP contribution in [0.4, 0.5) is 0 Å². The third kappa shape index (κ3) is 3.93. The lowest BCUT2D eigenvalue weighted by atomic mass is 10.4. The van der Waals surface area contributed by atoms with Crippen LogP contribution in [0.2, 0.25) is 0 Å². The van der Waals surface area contributed by atoms with Crippen LogP contribution in [0.15, 0.2) is 29.2 Å². The van der Waals surface area contributed by atoms with Crippen molar-refractivity contribution in [2.24, 2.45) is 0 Å². The Morgan fingerprint density at radius 3 is 2.00 bits per heavy atom. The SMILES string of the molecule is O=[P+](O)OS(=O)(=O)c1ccc(P(=O)(O)O)cc1. The van der Waals surface area contributed by atoms with E-state index in [4.69, 9.17) is 14.7 Å². The van der Waals surface area contributed by atoms with Gasteiger partial charge in [0.25, 0.3) is 0 Å². The van der Waals surface area contributed by atoms with Crippen molar-refractivity contribution in [2.45, 2.75) is 4.90 Å². The van der Waals surface area contributed by atoms with Gasteiger partial charge in [-0.3, -0.25) is 4.57 Å². The normalized spacial score (nSPS) is 13.5. The zero-order valence-corrected chi connectivity index (χ0v) is 10.6. The van der Waals surface area contributed by atoms with Gasteiger partial charge in [0.1, 0.15) is 0 Å². The molecule has 1 rings (SSSR count). The molecular weight excluding hydrogens is 294 g/mol. The van der Waals surface area contributed by atoms with Gasteiger partial charge in [-0.2, -0.15) is 8.42 Å². The zero-order valence-electron chi connectivity index (χ0n) is 7.99. The fourth-order valence-electron chi connectivity index (χ4n) is 0.934. The second-order valence-electron chi connectivity index (χ2n) is 2.80. The molecular formula is C6H7O8P2S+. The van der Waals surface area contributed by atoms with Gasteiger partial charge in [0.05, 0.1) is 10.2 Å². The van der Waals surface area contributed by atoms with Crippen LogP contribution in [0.1, 0.15) is 0 Å². The summed E-state index contributed by atoms with van der Waals surface area (Å²) in [6.07, 6.45) is 0. The highest BCUT2D eigenvalue weighted by Crippen LogP contribution is 2.33. The van der Waals surface area contributed by atoms with E-state index in [9.17, 15) is 17.5 Å². The highest BCUT2D eigenvalue weighted by Gasteiger charge is 2.29. The van der Waals surface area contributed by atoms with Gasteiger partial charge in [-0.1, -0.05) is 0 Å². The molecule has 8 nitrogen and oxygen atoms in total. The molecule has 0 aliphatic rings. The first-order valence-electron chi connectivity index (χ1n) is 3.90. The van der Waals surface area contributed by atoms with Crippen LogP contribution < -0.4 is 5.30 Å². The molecule has 0 heterocycles. The predicted octanol–water partition coefficient (Wildman–Crippen LogP) is -0.155. The molecule has 0 amide bonds. The van der Waals surface area contributed by atoms with Gasteiger partial charge in [0, 0.05) is 8.54 Å². The molecule has 1 aromatic rings. The van der Waals surface area contributed by atoms with Crippen LogP contribution >= 0.6 is 15.9 Å². The monoisotopic (exact) mass is 301 g/mol. The summed E-state index contributed by atoms with van der Waals surface area (Å²) in [5.41, 5.74) is 0. The van der Waals surface area contributed by atoms with E-state index in [1.165, 1.54) is 0 Å². The maximum atomic E-state index is 11.2. The van der Waals surface area contributed by atoms with Crippen molar-refractivity contribution in [3.05, 3.63) is 24.3 Å². The van der Waals surface area contributed by atoms with E-state index in [2.05, 4.69) is 3.97 Å². The highest BCUT2D eigenvalue weighted by molar-refractivity contribution is 7.89. The summed E-state index contributed by atoms with van der Waals surface area (Å²) >= 11 is 0. The third-order valence-electron chi connectivity index (χ3n) is 1.62. The van der Waals surface area contributed by atoms with Crippen LogP contribution in [0.5, 0.6) is 0 Å². The average Bonchev–Trinajstić information content (AvgIpc) is 2.14. The first-order chi connectivity index (χ1) is 7.63. The second kappa shape index (κ2) is 4.91. The molecule has 17 heavy (non-hydrogen) atoms. The Hall–Kier alpha value is -0.660. The lowest BCUT2D eigenvalue weighted by Gasteiger charge is -2.03. The predicted molar refractivity (Wildman–Crippen MR) is 56.2 cm³/mol. The van der Waals surface area contributed by atoms with Crippen LogP contribution in [0.3, 0.4) is 0 Å². The molecule has 1 unspecified atom stereocenters. The van der Waals surface area contributed by atoms with Gasteiger partial charge < -0.3 is 9.79 Å². The van der Waals surface area contributed by atoms with E-state index >= 15 is 0 Å². The van der Waals surface area contributed by atoms with E-state index in [-0.39, 0.29) is 5.30 Å². The van der Waals surface area contributed by atoms with Crippen LogP contribution in [0, 0.1) is 0 Å². The number of hydrogen-bond acceptors (Lipinski definition) is 5. The fraction of sp³-hybridized carbons (Fsp3) is 0. The van der Waals surface area contributed by atoms with Crippen LogP contribution in [-0.4, -0.2) is 23.1 Å². The van der Waals surface area contributed by atoms with Crippen LogP contribution in [0.25, 0.3) is 0 Å². The van der Waals surface area contributed by atoms with Crippen molar-refractivity contribution in [2.75, 3.05) is 0 Å². The topological polar surface area (TPSA) is 138 Å². The lowest BCUT2D eigenvalue weighted by molar-refractivity contribution is 0.387. The molecule has 0 aliphatic heterocycles. The summed E-state index contributed by atoms with van der Waals surface area (Å²) in [5.74, 6) is 0. The van der Waals surface area contributed by atoms with Gasteiger partial charge in [-0.15, -0.1) is 4.89 Å². The van der Waals surface area contributed by atoms with Crippen molar-refractivity contribution in [3.8, 4) is 0 Å². The lowest BCUT2D eigenvalue weighted by Crippen LogP contribution is -2.06. The third-order valence-corrected chi connectivity index (χ3v) is 4.74. The summed E-state index contributed by atoms with van der Waals surface area (Å²) in [7, 11) is -12.2. The van der Waals surface area contributed by atoms with Crippen molar-refractivity contribution < 1.29 is 36.2 Å². The van der Waals surface area contributed by atoms with E-state index in [0.717, 1.165) is 24.3 Å². The summed E-state index contributed by atoms with van der Waals surface area (Å²) in [6.45, 7) is 0. The highest BCUT2D eigenvalue weighted by atomic mass is 32.2. The van der Waals surface area contributed by atoms with Crippen LogP contribution in [-0.2, 0) is 23.2 Å². The standard InChI is InChI=1S/C6H6O8P2S/c7-15(8)14-17(12,13)6-3-1-5(2-4-6)16(9,10)11/h1-4H,(H2-,7,8,9,10,11)/p+1. The molecule has 0 aliphatic carbocycles. The Kier molecular flexibility index (Phi) is 4.16. The number of benzene rings is 1. The molecule has 11 heteroatoms. The number of rotatable bonds is 4.